The third-order valence-corrected chi connectivity index (χ3v) is 4.80. The summed E-state index contributed by atoms with van der Waals surface area (Å²) in [7, 11) is 0. The Balaban J connectivity index is 1.68. The first-order chi connectivity index (χ1) is 11.1. The van der Waals surface area contributed by atoms with E-state index in [4.69, 9.17) is 23.2 Å². The van der Waals surface area contributed by atoms with Gasteiger partial charge in [0.25, 0.3) is 0 Å². The molecule has 0 aromatic heterocycles. The van der Waals surface area contributed by atoms with Crippen molar-refractivity contribution in [2.45, 2.75) is 25.3 Å². The van der Waals surface area contributed by atoms with E-state index in [0.717, 1.165) is 24.8 Å². The maximum Gasteiger partial charge on any atom is 0.244 e. The van der Waals surface area contributed by atoms with Crippen molar-refractivity contribution < 1.29 is 4.79 Å². The molecule has 0 saturated heterocycles. The van der Waals surface area contributed by atoms with Crippen molar-refractivity contribution in [1.82, 2.24) is 5.32 Å². The van der Waals surface area contributed by atoms with Gasteiger partial charge in [0.15, 0.2) is 0 Å². The van der Waals surface area contributed by atoms with Crippen LogP contribution in [0.15, 0.2) is 48.5 Å². The number of hydrogen-bond acceptors (Lipinski definition) is 1. The Morgan fingerprint density at radius 1 is 1.13 bits per heavy atom. The lowest BCUT2D eigenvalue weighted by molar-refractivity contribution is -0.117. The quantitative estimate of drug-likeness (QED) is 0.761. The molecule has 118 valence electrons. The largest absolute Gasteiger partial charge is 0.346 e. The van der Waals surface area contributed by atoms with Crippen LogP contribution in [0, 0.1) is 0 Å². The predicted molar refractivity (Wildman–Crippen MR) is 95.8 cm³/mol. The molecule has 2 aromatic carbocycles. The summed E-state index contributed by atoms with van der Waals surface area (Å²) in [5.74, 6) is -0.0993. The Hall–Kier alpha value is -1.77. The number of rotatable bonds is 3. The third-order valence-electron chi connectivity index (χ3n) is 4.06. The molecule has 1 atom stereocenters. The molecule has 0 radical (unpaired) electrons. The number of fused-ring (bicyclic) bond motifs is 1. The second-order valence-corrected chi connectivity index (χ2v) is 6.47. The van der Waals surface area contributed by atoms with Crippen molar-refractivity contribution in [2.75, 3.05) is 0 Å². The average Bonchev–Trinajstić information content (AvgIpc) is 2.56. The molecule has 1 amide bonds. The summed E-state index contributed by atoms with van der Waals surface area (Å²) in [4.78, 5) is 12.2. The second kappa shape index (κ2) is 7.20. The van der Waals surface area contributed by atoms with Crippen molar-refractivity contribution in [3.8, 4) is 0 Å². The van der Waals surface area contributed by atoms with Gasteiger partial charge in [-0.1, -0.05) is 53.5 Å². The summed E-state index contributed by atoms with van der Waals surface area (Å²) < 4.78 is 0. The summed E-state index contributed by atoms with van der Waals surface area (Å²) in [5.41, 5.74) is 3.41. The molecule has 2 nitrogen and oxygen atoms in total. The van der Waals surface area contributed by atoms with Gasteiger partial charge in [-0.3, -0.25) is 4.79 Å². The Bertz CT molecular complexity index is 755. The van der Waals surface area contributed by atoms with Crippen molar-refractivity contribution >= 4 is 35.2 Å². The van der Waals surface area contributed by atoms with Crippen LogP contribution < -0.4 is 5.32 Å². The molecule has 23 heavy (non-hydrogen) atoms. The van der Waals surface area contributed by atoms with Gasteiger partial charge in [-0.2, -0.15) is 0 Å². The molecule has 0 aliphatic heterocycles. The molecule has 1 aliphatic rings. The van der Waals surface area contributed by atoms with Crippen LogP contribution >= 0.6 is 23.2 Å². The number of amides is 1. The third kappa shape index (κ3) is 3.95. The number of aryl methyl sites for hydroxylation is 1. The standard InChI is InChI=1S/C19H17Cl2NO/c20-16-10-8-13(12-17(16)21)9-11-19(23)22-18-7-3-5-14-4-1-2-6-15(14)18/h1-2,4,6,8-12,18H,3,5,7H2,(H,22,23)/b11-9+/t18-/m1/s1. The van der Waals surface area contributed by atoms with E-state index in [1.165, 1.54) is 17.2 Å². The van der Waals surface area contributed by atoms with Crippen molar-refractivity contribution in [3.05, 3.63) is 75.3 Å². The first-order valence-corrected chi connectivity index (χ1v) is 8.40. The van der Waals surface area contributed by atoms with Crippen molar-refractivity contribution in [1.29, 1.82) is 0 Å². The van der Waals surface area contributed by atoms with Crippen molar-refractivity contribution in [3.63, 3.8) is 0 Å². The number of benzene rings is 2. The summed E-state index contributed by atoms with van der Waals surface area (Å²) in [5, 5.41) is 4.07. The highest BCUT2D eigenvalue weighted by Gasteiger charge is 2.20. The minimum Gasteiger partial charge on any atom is -0.346 e. The van der Waals surface area contributed by atoms with Gasteiger partial charge in [0.1, 0.15) is 0 Å². The minimum absolute atomic E-state index is 0.0888. The van der Waals surface area contributed by atoms with Crippen LogP contribution in [-0.4, -0.2) is 5.91 Å². The Labute approximate surface area is 146 Å². The fraction of sp³-hybridized carbons (Fsp3) is 0.211. The van der Waals surface area contributed by atoms with E-state index in [1.807, 2.05) is 18.2 Å². The maximum atomic E-state index is 12.2. The number of nitrogens with one attached hydrogen (secondary N) is 1. The zero-order valence-electron chi connectivity index (χ0n) is 12.6. The van der Waals surface area contributed by atoms with Gasteiger partial charge in [0.05, 0.1) is 16.1 Å². The molecule has 0 saturated carbocycles. The zero-order chi connectivity index (χ0) is 16.2. The second-order valence-electron chi connectivity index (χ2n) is 5.66. The van der Waals surface area contributed by atoms with Gasteiger partial charge in [-0.05, 0) is 54.2 Å². The molecular formula is C19H17Cl2NO. The predicted octanol–water partition coefficient (Wildman–Crippen LogP) is 5.20. The maximum absolute atomic E-state index is 12.2. The molecule has 1 N–H and O–H groups in total. The number of carbonyl (C=O) groups is 1. The monoisotopic (exact) mass is 345 g/mol. The first kappa shape index (κ1) is 16.1. The van der Waals surface area contributed by atoms with Crippen LogP contribution in [0.4, 0.5) is 0 Å². The van der Waals surface area contributed by atoms with E-state index in [1.54, 1.807) is 18.2 Å². The lowest BCUT2D eigenvalue weighted by Crippen LogP contribution is -2.29. The molecular weight excluding hydrogens is 329 g/mol. The average molecular weight is 346 g/mol. The van der Waals surface area contributed by atoms with E-state index in [-0.39, 0.29) is 11.9 Å². The molecule has 3 rings (SSSR count). The highest BCUT2D eigenvalue weighted by molar-refractivity contribution is 6.42. The molecule has 0 spiro atoms. The highest BCUT2D eigenvalue weighted by atomic mass is 35.5. The van der Waals surface area contributed by atoms with Crippen LogP contribution in [0.2, 0.25) is 10.0 Å². The van der Waals surface area contributed by atoms with Crippen LogP contribution in [0.3, 0.4) is 0 Å². The Kier molecular flexibility index (Phi) is 5.04. The van der Waals surface area contributed by atoms with E-state index in [2.05, 4.69) is 17.4 Å². The summed E-state index contributed by atoms with van der Waals surface area (Å²) in [6, 6.07) is 13.7. The highest BCUT2D eigenvalue weighted by Crippen LogP contribution is 2.29. The smallest absolute Gasteiger partial charge is 0.244 e. The van der Waals surface area contributed by atoms with Crippen LogP contribution in [0.5, 0.6) is 0 Å². The van der Waals surface area contributed by atoms with Gasteiger partial charge in [0.2, 0.25) is 5.91 Å². The Morgan fingerprint density at radius 3 is 2.78 bits per heavy atom. The van der Waals surface area contributed by atoms with Gasteiger partial charge in [-0.15, -0.1) is 0 Å². The fourth-order valence-corrected chi connectivity index (χ4v) is 3.22. The lowest BCUT2D eigenvalue weighted by atomic mass is 9.88. The first-order valence-electron chi connectivity index (χ1n) is 7.65. The van der Waals surface area contributed by atoms with Gasteiger partial charge < -0.3 is 5.32 Å². The zero-order valence-corrected chi connectivity index (χ0v) is 14.1. The van der Waals surface area contributed by atoms with Gasteiger partial charge in [0, 0.05) is 6.08 Å². The fourth-order valence-electron chi connectivity index (χ4n) is 2.91. The number of hydrogen-bond donors (Lipinski definition) is 1. The number of carbonyl (C=O) groups excluding carboxylic acids is 1. The SMILES string of the molecule is O=C(/C=C/c1ccc(Cl)c(Cl)c1)N[C@@H]1CCCc2ccccc21. The molecule has 2 aromatic rings. The van der Waals surface area contributed by atoms with E-state index in [9.17, 15) is 4.79 Å². The molecule has 1 aliphatic carbocycles. The van der Waals surface area contributed by atoms with Crippen molar-refractivity contribution in [2.24, 2.45) is 0 Å². The molecule has 0 bridgehead atoms. The molecule has 4 heteroatoms. The summed E-state index contributed by atoms with van der Waals surface area (Å²) >= 11 is 11.9. The number of halogens is 2. The summed E-state index contributed by atoms with van der Waals surface area (Å²) in [6.07, 6.45) is 6.44. The Morgan fingerprint density at radius 2 is 1.96 bits per heavy atom. The normalized spacial score (nSPS) is 17.0. The van der Waals surface area contributed by atoms with Crippen LogP contribution in [0.1, 0.15) is 35.6 Å². The lowest BCUT2D eigenvalue weighted by Gasteiger charge is -2.25. The molecule has 0 fully saturated rings. The topological polar surface area (TPSA) is 29.1 Å². The van der Waals surface area contributed by atoms with E-state index in [0.29, 0.717) is 10.0 Å². The van der Waals surface area contributed by atoms with E-state index >= 15 is 0 Å². The summed E-state index contributed by atoms with van der Waals surface area (Å²) in [6.45, 7) is 0. The van der Waals surface area contributed by atoms with E-state index < -0.39 is 0 Å². The molecule has 0 heterocycles. The van der Waals surface area contributed by atoms with Gasteiger partial charge >= 0.3 is 0 Å². The van der Waals surface area contributed by atoms with Gasteiger partial charge in [-0.25, -0.2) is 0 Å². The molecule has 0 unspecified atom stereocenters. The minimum atomic E-state index is -0.0993. The van der Waals surface area contributed by atoms with Crippen LogP contribution in [-0.2, 0) is 11.2 Å². The van der Waals surface area contributed by atoms with Crippen LogP contribution in [0.25, 0.3) is 6.08 Å².